The Morgan fingerprint density at radius 1 is 1.78 bits per heavy atom. The van der Waals surface area contributed by atoms with Crippen molar-refractivity contribution in [3.63, 3.8) is 0 Å². The summed E-state index contributed by atoms with van der Waals surface area (Å²) in [5.74, 6) is -0.796. The number of rotatable bonds is 4. The number of hydrogen-bond acceptors (Lipinski definition) is 4. The van der Waals surface area contributed by atoms with Crippen LogP contribution in [0.25, 0.3) is 0 Å². The number of aryl methyl sites for hydroxylation is 1. The van der Waals surface area contributed by atoms with E-state index in [9.17, 15) is 4.79 Å². The van der Waals surface area contributed by atoms with Crippen LogP contribution in [0.3, 0.4) is 0 Å². The first-order chi connectivity index (χ1) is 8.43. The minimum Gasteiger partial charge on any atom is -0.481 e. The normalized spacial score (nSPS) is 27.6. The van der Waals surface area contributed by atoms with E-state index in [4.69, 9.17) is 9.84 Å². The highest BCUT2D eigenvalue weighted by Crippen LogP contribution is 2.36. The molecule has 0 amide bonds. The fourth-order valence-corrected chi connectivity index (χ4v) is 3.07. The van der Waals surface area contributed by atoms with Gasteiger partial charge in [-0.05, 0) is 27.2 Å². The van der Waals surface area contributed by atoms with Gasteiger partial charge < -0.3 is 14.4 Å². The maximum Gasteiger partial charge on any atom is 0.313 e. The number of aliphatic carboxylic acids is 1. The molecule has 1 N–H and O–H groups in total. The molecule has 18 heavy (non-hydrogen) atoms. The van der Waals surface area contributed by atoms with E-state index in [1.165, 1.54) is 11.8 Å². The molecule has 1 aromatic heterocycles. The minimum absolute atomic E-state index is 0.0295. The van der Waals surface area contributed by atoms with Gasteiger partial charge in [-0.1, -0.05) is 11.8 Å². The van der Waals surface area contributed by atoms with E-state index in [1.54, 1.807) is 0 Å². The summed E-state index contributed by atoms with van der Waals surface area (Å²) in [5, 5.41) is 9.53. The molecule has 0 saturated carbocycles. The highest BCUT2D eigenvalue weighted by Gasteiger charge is 2.40. The molecule has 0 aromatic carbocycles. The van der Waals surface area contributed by atoms with Gasteiger partial charge in [0.05, 0.1) is 23.1 Å². The zero-order valence-electron chi connectivity index (χ0n) is 10.8. The Balaban J connectivity index is 2.29. The third-order valence-electron chi connectivity index (χ3n) is 3.52. The third-order valence-corrected chi connectivity index (χ3v) is 4.46. The summed E-state index contributed by atoms with van der Waals surface area (Å²) in [6, 6.07) is 0. The highest BCUT2D eigenvalue weighted by atomic mass is 32.2. The van der Waals surface area contributed by atoms with Crippen LogP contribution in [0.4, 0.5) is 0 Å². The number of imidazole rings is 1. The van der Waals surface area contributed by atoms with Crippen molar-refractivity contribution in [1.29, 1.82) is 0 Å². The van der Waals surface area contributed by atoms with E-state index in [1.807, 2.05) is 20.0 Å². The molecule has 2 unspecified atom stereocenters. The lowest BCUT2D eigenvalue weighted by Crippen LogP contribution is -2.36. The molecular weight excluding hydrogens is 252 g/mol. The van der Waals surface area contributed by atoms with Crippen LogP contribution < -0.4 is 0 Å². The lowest BCUT2D eigenvalue weighted by molar-refractivity contribution is -0.133. The van der Waals surface area contributed by atoms with Gasteiger partial charge in [-0.25, -0.2) is 4.98 Å². The van der Waals surface area contributed by atoms with Crippen molar-refractivity contribution >= 4 is 17.7 Å². The Morgan fingerprint density at radius 3 is 3.06 bits per heavy atom. The molecule has 1 saturated heterocycles. The van der Waals surface area contributed by atoms with Crippen molar-refractivity contribution in [1.82, 2.24) is 9.55 Å². The minimum atomic E-state index is -0.826. The van der Waals surface area contributed by atoms with Crippen LogP contribution in [0.15, 0.2) is 11.4 Å². The zero-order chi connectivity index (χ0) is 13.3. The van der Waals surface area contributed by atoms with Crippen LogP contribution in [0, 0.1) is 6.92 Å². The Morgan fingerprint density at radius 2 is 2.50 bits per heavy atom. The second-order valence-corrected chi connectivity index (χ2v) is 5.78. The number of carbonyl (C=O) groups is 1. The zero-order valence-corrected chi connectivity index (χ0v) is 11.7. The molecule has 1 aliphatic rings. The molecule has 2 atom stereocenters. The van der Waals surface area contributed by atoms with Crippen molar-refractivity contribution in [3.05, 3.63) is 11.9 Å². The monoisotopic (exact) mass is 270 g/mol. The molecule has 0 spiro atoms. The second kappa shape index (κ2) is 4.93. The van der Waals surface area contributed by atoms with Gasteiger partial charge in [0.1, 0.15) is 0 Å². The van der Waals surface area contributed by atoms with Gasteiger partial charge in [0.25, 0.3) is 0 Å². The standard InChI is InChI=1S/C12H18N2O3S/c1-8-6-14(11(13-8)18-7-10(15)16)12(3)4-5-17-9(12)2/h6,9H,4-5,7H2,1-3H3,(H,15,16). The van der Waals surface area contributed by atoms with Crippen LogP contribution in [0.1, 0.15) is 26.0 Å². The molecule has 0 aliphatic carbocycles. The van der Waals surface area contributed by atoms with Crippen LogP contribution in [0.2, 0.25) is 0 Å². The maximum absolute atomic E-state index is 10.7. The van der Waals surface area contributed by atoms with Gasteiger partial charge in [-0.2, -0.15) is 0 Å². The summed E-state index contributed by atoms with van der Waals surface area (Å²) in [6.45, 7) is 6.84. The van der Waals surface area contributed by atoms with E-state index < -0.39 is 5.97 Å². The summed E-state index contributed by atoms with van der Waals surface area (Å²) in [7, 11) is 0. The molecule has 6 heteroatoms. The van der Waals surface area contributed by atoms with E-state index in [-0.39, 0.29) is 17.4 Å². The average Bonchev–Trinajstić information content (AvgIpc) is 2.82. The Kier molecular flexibility index (Phi) is 3.68. The fourth-order valence-electron chi connectivity index (χ4n) is 2.21. The molecule has 2 rings (SSSR count). The Labute approximate surface area is 111 Å². The van der Waals surface area contributed by atoms with E-state index >= 15 is 0 Å². The fraction of sp³-hybridized carbons (Fsp3) is 0.667. The van der Waals surface area contributed by atoms with Gasteiger partial charge in [0.15, 0.2) is 5.16 Å². The summed E-state index contributed by atoms with van der Waals surface area (Å²) >= 11 is 1.26. The Hall–Kier alpha value is -1.01. The summed E-state index contributed by atoms with van der Waals surface area (Å²) in [4.78, 5) is 15.1. The molecular formula is C12H18N2O3S. The van der Waals surface area contributed by atoms with Crippen molar-refractivity contribution in [2.45, 2.75) is 44.0 Å². The van der Waals surface area contributed by atoms with Gasteiger partial charge in [0, 0.05) is 12.8 Å². The molecule has 2 heterocycles. The highest BCUT2D eigenvalue weighted by molar-refractivity contribution is 7.99. The lowest BCUT2D eigenvalue weighted by atomic mass is 9.94. The molecule has 1 aliphatic heterocycles. The molecule has 100 valence electrons. The molecule has 0 bridgehead atoms. The topological polar surface area (TPSA) is 64.3 Å². The Bertz CT molecular complexity index is 460. The first-order valence-corrected chi connectivity index (χ1v) is 6.94. The first kappa shape index (κ1) is 13.4. The summed E-state index contributed by atoms with van der Waals surface area (Å²) in [6.07, 6.45) is 3.01. The van der Waals surface area contributed by atoms with Crippen LogP contribution in [-0.4, -0.2) is 39.1 Å². The molecule has 0 radical (unpaired) electrons. The van der Waals surface area contributed by atoms with Gasteiger partial charge in [-0.3, -0.25) is 4.79 Å². The van der Waals surface area contributed by atoms with E-state index in [2.05, 4.69) is 16.5 Å². The van der Waals surface area contributed by atoms with Crippen molar-refractivity contribution in [3.8, 4) is 0 Å². The number of carboxylic acids is 1. The smallest absolute Gasteiger partial charge is 0.313 e. The van der Waals surface area contributed by atoms with Crippen molar-refractivity contribution < 1.29 is 14.6 Å². The number of nitrogens with zero attached hydrogens (tertiary/aromatic N) is 2. The van der Waals surface area contributed by atoms with Gasteiger partial charge in [-0.15, -0.1) is 0 Å². The lowest BCUT2D eigenvalue weighted by Gasteiger charge is -2.30. The molecule has 1 aromatic rings. The number of hydrogen-bond donors (Lipinski definition) is 1. The van der Waals surface area contributed by atoms with Gasteiger partial charge in [0.2, 0.25) is 0 Å². The molecule has 1 fully saturated rings. The number of ether oxygens (including phenoxy) is 1. The number of aromatic nitrogens is 2. The predicted molar refractivity (Wildman–Crippen MR) is 69.0 cm³/mol. The second-order valence-electron chi connectivity index (χ2n) is 4.84. The summed E-state index contributed by atoms with van der Waals surface area (Å²) < 4.78 is 7.72. The largest absolute Gasteiger partial charge is 0.481 e. The number of thioether (sulfide) groups is 1. The maximum atomic E-state index is 10.7. The third kappa shape index (κ3) is 2.40. The van der Waals surface area contributed by atoms with E-state index in [0.717, 1.165) is 23.9 Å². The summed E-state index contributed by atoms with van der Waals surface area (Å²) in [5.41, 5.74) is 0.769. The first-order valence-electron chi connectivity index (χ1n) is 5.96. The van der Waals surface area contributed by atoms with Crippen molar-refractivity contribution in [2.24, 2.45) is 0 Å². The average molecular weight is 270 g/mol. The predicted octanol–water partition coefficient (Wildman–Crippen LogP) is 1.89. The van der Waals surface area contributed by atoms with Crippen LogP contribution in [-0.2, 0) is 15.1 Å². The molecule has 5 nitrogen and oxygen atoms in total. The quantitative estimate of drug-likeness (QED) is 0.846. The van der Waals surface area contributed by atoms with Crippen LogP contribution >= 0.6 is 11.8 Å². The van der Waals surface area contributed by atoms with Crippen LogP contribution in [0.5, 0.6) is 0 Å². The SMILES string of the molecule is Cc1cn(C2(C)CCOC2C)c(SCC(=O)O)n1. The van der Waals surface area contributed by atoms with Crippen molar-refractivity contribution in [2.75, 3.05) is 12.4 Å². The van der Waals surface area contributed by atoms with E-state index in [0.29, 0.717) is 0 Å². The number of carboxylic acid groups (broad SMARTS) is 1. The van der Waals surface area contributed by atoms with Gasteiger partial charge >= 0.3 is 5.97 Å².